The molecule has 0 aliphatic heterocycles. The van der Waals surface area contributed by atoms with E-state index in [1.54, 1.807) is 0 Å². The van der Waals surface area contributed by atoms with Gasteiger partial charge in [0.2, 0.25) is 0 Å². The maximum absolute atomic E-state index is 3.71. The van der Waals surface area contributed by atoms with Crippen LogP contribution in [-0.4, -0.2) is 0 Å². The molecule has 0 N–H and O–H groups in total. The third-order valence-corrected chi connectivity index (χ3v) is 2.40. The minimum atomic E-state index is 0.961. The average Bonchev–Trinajstić information content (AvgIpc) is 2.45. The summed E-state index contributed by atoms with van der Waals surface area (Å²) in [5.41, 5.74) is 3.03. The maximum Gasteiger partial charge on any atom is 0.0255 e. The summed E-state index contributed by atoms with van der Waals surface area (Å²) in [5.74, 6) is 11.7. The predicted molar refractivity (Wildman–Crippen MR) is 76.7 cm³/mol. The molecule has 0 aliphatic rings. The molecular weight excluding hydrogens is 216 g/mol. The smallest absolute Gasteiger partial charge is 0.0255 e. The highest BCUT2D eigenvalue weighted by Crippen LogP contribution is 2.03. The molecule has 2 aromatic carbocycles. The summed E-state index contributed by atoms with van der Waals surface area (Å²) < 4.78 is 0. The van der Waals surface area contributed by atoms with Crippen LogP contribution in [0.15, 0.2) is 61.2 Å². The van der Waals surface area contributed by atoms with Crippen LogP contribution in [0.25, 0.3) is 6.08 Å². The van der Waals surface area contributed by atoms with Crippen LogP contribution in [0.3, 0.4) is 0 Å². The Morgan fingerprint density at radius 2 is 1.28 bits per heavy atom. The lowest BCUT2D eigenvalue weighted by molar-refractivity contribution is 1.61. The minimum absolute atomic E-state index is 0.961. The number of rotatable bonds is 1. The Hall–Kier alpha value is -2.70. The molecule has 2 rings (SSSR count). The van der Waals surface area contributed by atoms with Gasteiger partial charge in [0.1, 0.15) is 0 Å². The van der Waals surface area contributed by atoms with Gasteiger partial charge in [-0.3, -0.25) is 0 Å². The van der Waals surface area contributed by atoms with Crippen LogP contribution < -0.4 is 0 Å². The SMILES string of the molecule is C=Cc1ccc(C#CC#Cc2ccccc2)cc1. The molecule has 18 heavy (non-hydrogen) atoms. The van der Waals surface area contributed by atoms with Crippen LogP contribution in [-0.2, 0) is 0 Å². The first kappa shape index (κ1) is 11.8. The van der Waals surface area contributed by atoms with E-state index >= 15 is 0 Å². The van der Waals surface area contributed by atoms with Crippen molar-refractivity contribution in [1.82, 2.24) is 0 Å². The fourth-order valence-electron chi connectivity index (χ4n) is 1.43. The van der Waals surface area contributed by atoms with E-state index in [4.69, 9.17) is 0 Å². The largest absolute Gasteiger partial charge is 0.0985 e. The van der Waals surface area contributed by atoms with Crippen molar-refractivity contribution < 1.29 is 0 Å². The summed E-state index contributed by atoms with van der Waals surface area (Å²) in [5, 5.41) is 0. The van der Waals surface area contributed by atoms with E-state index in [0.29, 0.717) is 0 Å². The summed E-state index contributed by atoms with van der Waals surface area (Å²) in [6.07, 6.45) is 1.81. The second kappa shape index (κ2) is 6.14. The lowest BCUT2D eigenvalue weighted by atomic mass is 10.1. The van der Waals surface area contributed by atoms with Gasteiger partial charge in [0.05, 0.1) is 0 Å². The molecule has 0 atom stereocenters. The topological polar surface area (TPSA) is 0 Å². The third-order valence-electron chi connectivity index (χ3n) is 2.40. The molecule has 0 heterocycles. The van der Waals surface area contributed by atoms with E-state index in [1.165, 1.54) is 0 Å². The summed E-state index contributed by atoms with van der Waals surface area (Å²) in [7, 11) is 0. The summed E-state index contributed by atoms with van der Waals surface area (Å²) in [6, 6.07) is 17.7. The van der Waals surface area contributed by atoms with Gasteiger partial charge in [-0.1, -0.05) is 54.8 Å². The first-order valence-corrected chi connectivity index (χ1v) is 5.68. The molecule has 0 radical (unpaired) electrons. The molecule has 0 bridgehead atoms. The highest BCUT2D eigenvalue weighted by Gasteiger charge is 1.86. The van der Waals surface area contributed by atoms with Gasteiger partial charge in [0.25, 0.3) is 0 Å². The van der Waals surface area contributed by atoms with Gasteiger partial charge in [0, 0.05) is 11.1 Å². The third kappa shape index (κ3) is 3.41. The zero-order valence-electron chi connectivity index (χ0n) is 9.98. The van der Waals surface area contributed by atoms with Crippen LogP contribution >= 0.6 is 0 Å². The molecule has 2 aromatic rings. The van der Waals surface area contributed by atoms with Gasteiger partial charge >= 0.3 is 0 Å². The lowest BCUT2D eigenvalue weighted by Crippen LogP contribution is -1.74. The van der Waals surface area contributed by atoms with E-state index in [0.717, 1.165) is 16.7 Å². The van der Waals surface area contributed by atoms with Gasteiger partial charge in [0.15, 0.2) is 0 Å². The molecular formula is C18H12. The fourth-order valence-corrected chi connectivity index (χ4v) is 1.43. The van der Waals surface area contributed by atoms with Gasteiger partial charge in [-0.15, -0.1) is 0 Å². The Kier molecular flexibility index (Phi) is 4.02. The Labute approximate surface area is 108 Å². The van der Waals surface area contributed by atoms with Crippen molar-refractivity contribution in [3.63, 3.8) is 0 Å². The zero-order chi connectivity index (χ0) is 12.6. The quantitative estimate of drug-likeness (QED) is 0.652. The van der Waals surface area contributed by atoms with Crippen LogP contribution in [0.4, 0.5) is 0 Å². The summed E-state index contributed by atoms with van der Waals surface area (Å²) in [4.78, 5) is 0. The Balaban J connectivity index is 2.09. The molecule has 0 spiro atoms. The second-order valence-corrected chi connectivity index (χ2v) is 3.69. The first-order valence-electron chi connectivity index (χ1n) is 5.68. The van der Waals surface area contributed by atoms with Crippen molar-refractivity contribution in [1.29, 1.82) is 0 Å². The molecule has 0 unspecified atom stereocenters. The highest BCUT2D eigenvalue weighted by molar-refractivity contribution is 5.50. The lowest BCUT2D eigenvalue weighted by Gasteiger charge is -1.91. The van der Waals surface area contributed by atoms with Crippen LogP contribution in [0.1, 0.15) is 16.7 Å². The molecule has 0 amide bonds. The fraction of sp³-hybridized carbons (Fsp3) is 0. The second-order valence-electron chi connectivity index (χ2n) is 3.69. The van der Waals surface area contributed by atoms with Crippen LogP contribution in [0, 0.1) is 23.7 Å². The van der Waals surface area contributed by atoms with E-state index in [1.807, 2.05) is 60.7 Å². The summed E-state index contributed by atoms with van der Waals surface area (Å²) >= 11 is 0. The Bertz CT molecular complexity index is 638. The first-order chi connectivity index (χ1) is 8.88. The van der Waals surface area contributed by atoms with Crippen molar-refractivity contribution in [2.75, 3.05) is 0 Å². The van der Waals surface area contributed by atoms with E-state index in [-0.39, 0.29) is 0 Å². The van der Waals surface area contributed by atoms with Crippen molar-refractivity contribution >= 4 is 6.08 Å². The Morgan fingerprint density at radius 3 is 1.83 bits per heavy atom. The van der Waals surface area contributed by atoms with Crippen molar-refractivity contribution in [3.05, 3.63) is 77.9 Å². The monoisotopic (exact) mass is 228 g/mol. The molecule has 84 valence electrons. The highest BCUT2D eigenvalue weighted by atomic mass is 13.9. The standard InChI is InChI=1S/C18H12/c1-2-16-12-14-18(15-13-16)11-7-6-10-17-8-4-3-5-9-17/h2-5,8-9,12-15H,1H2. The van der Waals surface area contributed by atoms with E-state index < -0.39 is 0 Å². The molecule has 0 aromatic heterocycles. The Morgan fingerprint density at radius 1 is 0.722 bits per heavy atom. The van der Waals surface area contributed by atoms with E-state index in [2.05, 4.69) is 30.3 Å². The van der Waals surface area contributed by atoms with Gasteiger partial charge < -0.3 is 0 Å². The minimum Gasteiger partial charge on any atom is -0.0985 e. The van der Waals surface area contributed by atoms with Crippen LogP contribution in [0.2, 0.25) is 0 Å². The summed E-state index contributed by atoms with van der Waals surface area (Å²) in [6.45, 7) is 3.71. The van der Waals surface area contributed by atoms with Gasteiger partial charge in [-0.25, -0.2) is 0 Å². The van der Waals surface area contributed by atoms with Crippen molar-refractivity contribution in [2.24, 2.45) is 0 Å². The number of hydrogen-bond acceptors (Lipinski definition) is 0. The van der Waals surface area contributed by atoms with Crippen LogP contribution in [0.5, 0.6) is 0 Å². The van der Waals surface area contributed by atoms with Gasteiger partial charge in [-0.05, 0) is 41.7 Å². The number of hydrogen-bond donors (Lipinski definition) is 0. The molecule has 0 aliphatic carbocycles. The zero-order valence-corrected chi connectivity index (χ0v) is 9.98. The normalized spacial score (nSPS) is 8.44. The molecule has 0 nitrogen and oxygen atoms in total. The van der Waals surface area contributed by atoms with Crippen molar-refractivity contribution in [3.8, 4) is 23.7 Å². The predicted octanol–water partition coefficient (Wildman–Crippen LogP) is 3.73. The molecule has 0 heteroatoms. The van der Waals surface area contributed by atoms with Crippen molar-refractivity contribution in [2.45, 2.75) is 0 Å². The molecule has 0 saturated carbocycles. The van der Waals surface area contributed by atoms with Gasteiger partial charge in [-0.2, -0.15) is 0 Å². The average molecular weight is 228 g/mol. The molecule has 0 fully saturated rings. The maximum atomic E-state index is 3.71. The molecule has 0 saturated heterocycles. The number of benzene rings is 2. The van der Waals surface area contributed by atoms with E-state index in [9.17, 15) is 0 Å².